The summed E-state index contributed by atoms with van der Waals surface area (Å²) in [5.41, 5.74) is -0.121. The Labute approximate surface area is 97.9 Å². The lowest BCUT2D eigenvalue weighted by atomic mass is 10.1. The SMILES string of the molecule is FC(F)(F)c1ccc(-c2nc(Cl)ns2)cc1. The van der Waals surface area contributed by atoms with Crippen LogP contribution in [0.5, 0.6) is 0 Å². The third-order valence-electron chi connectivity index (χ3n) is 1.86. The number of hydrogen-bond donors (Lipinski definition) is 0. The molecule has 1 heterocycles. The zero-order valence-corrected chi connectivity index (χ0v) is 9.20. The van der Waals surface area contributed by atoms with Gasteiger partial charge in [0, 0.05) is 5.56 Å². The number of halogens is 4. The van der Waals surface area contributed by atoms with Gasteiger partial charge < -0.3 is 0 Å². The standard InChI is InChI=1S/C9H4ClF3N2S/c10-8-14-7(16-15-8)5-1-3-6(4-2-5)9(11,12)13/h1-4H. The molecule has 0 saturated heterocycles. The molecule has 2 rings (SSSR count). The number of benzene rings is 1. The van der Waals surface area contributed by atoms with Crippen molar-refractivity contribution in [2.45, 2.75) is 6.18 Å². The Kier molecular flexibility index (Phi) is 2.86. The largest absolute Gasteiger partial charge is 0.416 e. The first-order chi connectivity index (χ1) is 7.47. The molecule has 2 aromatic rings. The van der Waals surface area contributed by atoms with Gasteiger partial charge in [0.25, 0.3) is 0 Å². The van der Waals surface area contributed by atoms with Crippen molar-refractivity contribution in [3.63, 3.8) is 0 Å². The van der Waals surface area contributed by atoms with Crippen LogP contribution in [0.15, 0.2) is 24.3 Å². The molecule has 0 atom stereocenters. The molecule has 7 heteroatoms. The molecule has 16 heavy (non-hydrogen) atoms. The van der Waals surface area contributed by atoms with Crippen LogP contribution in [0.25, 0.3) is 10.6 Å². The molecule has 1 aromatic heterocycles. The lowest BCUT2D eigenvalue weighted by Crippen LogP contribution is -2.03. The number of nitrogens with zero attached hydrogens (tertiary/aromatic N) is 2. The van der Waals surface area contributed by atoms with E-state index < -0.39 is 11.7 Å². The summed E-state index contributed by atoms with van der Waals surface area (Å²) in [5.74, 6) is 0. The molecule has 0 radical (unpaired) electrons. The predicted molar refractivity (Wildman–Crippen MR) is 55.4 cm³/mol. The van der Waals surface area contributed by atoms with Crippen LogP contribution >= 0.6 is 23.1 Å². The van der Waals surface area contributed by atoms with E-state index in [1.165, 1.54) is 12.1 Å². The van der Waals surface area contributed by atoms with Gasteiger partial charge >= 0.3 is 6.18 Å². The van der Waals surface area contributed by atoms with Crippen molar-refractivity contribution in [2.75, 3.05) is 0 Å². The average Bonchev–Trinajstić information content (AvgIpc) is 2.64. The van der Waals surface area contributed by atoms with E-state index in [0.29, 0.717) is 10.6 Å². The molecule has 0 amide bonds. The highest BCUT2D eigenvalue weighted by molar-refractivity contribution is 7.09. The van der Waals surface area contributed by atoms with Gasteiger partial charge in [-0.2, -0.15) is 17.5 Å². The third kappa shape index (κ3) is 2.33. The van der Waals surface area contributed by atoms with Crippen LogP contribution < -0.4 is 0 Å². The quantitative estimate of drug-likeness (QED) is 0.781. The fourth-order valence-corrected chi connectivity index (χ4v) is 1.93. The van der Waals surface area contributed by atoms with Gasteiger partial charge in [0.1, 0.15) is 5.01 Å². The molecule has 0 spiro atoms. The summed E-state index contributed by atoms with van der Waals surface area (Å²) in [7, 11) is 0. The number of aromatic nitrogens is 2. The van der Waals surface area contributed by atoms with Crippen molar-refractivity contribution in [1.29, 1.82) is 0 Å². The molecule has 2 nitrogen and oxygen atoms in total. The van der Waals surface area contributed by atoms with Gasteiger partial charge in [0.2, 0.25) is 5.28 Å². The normalized spacial score (nSPS) is 11.8. The van der Waals surface area contributed by atoms with Crippen LogP contribution in [-0.2, 0) is 6.18 Å². The van der Waals surface area contributed by atoms with Gasteiger partial charge in [-0.1, -0.05) is 12.1 Å². The number of hydrogen-bond acceptors (Lipinski definition) is 3. The summed E-state index contributed by atoms with van der Waals surface area (Å²) in [4.78, 5) is 3.86. The van der Waals surface area contributed by atoms with E-state index in [1.807, 2.05) is 0 Å². The minimum atomic E-state index is -4.32. The molecular weight excluding hydrogens is 261 g/mol. The summed E-state index contributed by atoms with van der Waals surface area (Å²) in [6.07, 6.45) is -4.32. The number of alkyl halides is 3. The second-order valence-electron chi connectivity index (χ2n) is 2.94. The van der Waals surface area contributed by atoms with Crippen LogP contribution in [0.2, 0.25) is 5.28 Å². The predicted octanol–water partition coefficient (Wildman–Crippen LogP) is 3.88. The Morgan fingerprint density at radius 2 is 1.75 bits per heavy atom. The lowest BCUT2D eigenvalue weighted by molar-refractivity contribution is -0.137. The van der Waals surface area contributed by atoms with Crippen LogP contribution in [0.1, 0.15) is 5.56 Å². The third-order valence-corrected chi connectivity index (χ3v) is 2.89. The Bertz CT molecular complexity index is 492. The minimum Gasteiger partial charge on any atom is -0.205 e. The highest BCUT2D eigenvalue weighted by Crippen LogP contribution is 2.31. The van der Waals surface area contributed by atoms with Crippen molar-refractivity contribution in [1.82, 2.24) is 9.36 Å². The maximum absolute atomic E-state index is 12.3. The van der Waals surface area contributed by atoms with Crippen LogP contribution in [-0.4, -0.2) is 9.36 Å². The van der Waals surface area contributed by atoms with Gasteiger partial charge in [-0.25, -0.2) is 4.98 Å². The summed E-state index contributed by atoms with van der Waals surface area (Å²) in [6, 6.07) is 4.70. The molecule has 0 aliphatic rings. The van der Waals surface area contributed by atoms with E-state index in [9.17, 15) is 13.2 Å². The van der Waals surface area contributed by atoms with Crippen LogP contribution in [0.3, 0.4) is 0 Å². The fourth-order valence-electron chi connectivity index (χ4n) is 1.12. The van der Waals surface area contributed by atoms with Gasteiger partial charge in [-0.15, -0.1) is 0 Å². The second kappa shape index (κ2) is 4.03. The van der Waals surface area contributed by atoms with E-state index in [2.05, 4.69) is 9.36 Å². The number of rotatable bonds is 1. The molecule has 0 aliphatic heterocycles. The molecule has 0 fully saturated rings. The van der Waals surface area contributed by atoms with Crippen molar-refractivity contribution in [3.8, 4) is 10.6 Å². The average molecular weight is 265 g/mol. The van der Waals surface area contributed by atoms with Crippen molar-refractivity contribution in [3.05, 3.63) is 35.1 Å². The fraction of sp³-hybridized carbons (Fsp3) is 0.111. The van der Waals surface area contributed by atoms with E-state index in [0.717, 1.165) is 23.7 Å². The van der Waals surface area contributed by atoms with Crippen molar-refractivity contribution >= 4 is 23.1 Å². The molecule has 0 bridgehead atoms. The first kappa shape index (κ1) is 11.3. The Morgan fingerprint density at radius 3 is 2.19 bits per heavy atom. The van der Waals surface area contributed by atoms with Gasteiger partial charge in [-0.05, 0) is 35.3 Å². The van der Waals surface area contributed by atoms with Crippen molar-refractivity contribution in [2.24, 2.45) is 0 Å². The van der Waals surface area contributed by atoms with Gasteiger partial charge in [-0.3, -0.25) is 0 Å². The Balaban J connectivity index is 2.33. The van der Waals surface area contributed by atoms with E-state index in [1.54, 1.807) is 0 Å². The van der Waals surface area contributed by atoms with Gasteiger partial charge in [0.15, 0.2) is 0 Å². The van der Waals surface area contributed by atoms with Crippen LogP contribution in [0.4, 0.5) is 13.2 Å². The van der Waals surface area contributed by atoms with Crippen LogP contribution in [0, 0.1) is 0 Å². The highest BCUT2D eigenvalue weighted by Gasteiger charge is 2.30. The van der Waals surface area contributed by atoms with E-state index >= 15 is 0 Å². The zero-order valence-electron chi connectivity index (χ0n) is 7.62. The molecule has 0 aliphatic carbocycles. The first-order valence-corrected chi connectivity index (χ1v) is 5.29. The highest BCUT2D eigenvalue weighted by atomic mass is 35.5. The summed E-state index contributed by atoms with van der Waals surface area (Å²) in [6.45, 7) is 0. The minimum absolute atomic E-state index is 0.0971. The topological polar surface area (TPSA) is 25.8 Å². The van der Waals surface area contributed by atoms with Gasteiger partial charge in [0.05, 0.1) is 5.56 Å². The smallest absolute Gasteiger partial charge is 0.205 e. The molecule has 0 N–H and O–H groups in total. The maximum Gasteiger partial charge on any atom is 0.416 e. The Hall–Kier alpha value is -1.14. The monoisotopic (exact) mass is 264 g/mol. The zero-order chi connectivity index (χ0) is 11.8. The van der Waals surface area contributed by atoms with E-state index in [-0.39, 0.29) is 5.28 Å². The summed E-state index contributed by atoms with van der Waals surface area (Å²) < 4.78 is 40.6. The molecule has 84 valence electrons. The molecule has 0 unspecified atom stereocenters. The molecule has 1 aromatic carbocycles. The summed E-state index contributed by atoms with van der Waals surface area (Å²) in [5, 5.41) is 0.596. The van der Waals surface area contributed by atoms with Crippen molar-refractivity contribution < 1.29 is 13.2 Å². The lowest BCUT2D eigenvalue weighted by Gasteiger charge is -2.06. The molecular formula is C9H4ClF3N2S. The maximum atomic E-state index is 12.3. The first-order valence-electron chi connectivity index (χ1n) is 4.13. The molecule has 0 saturated carbocycles. The summed E-state index contributed by atoms with van der Waals surface area (Å²) >= 11 is 6.56. The Morgan fingerprint density at radius 1 is 1.12 bits per heavy atom. The second-order valence-corrected chi connectivity index (χ2v) is 4.03. The van der Waals surface area contributed by atoms with E-state index in [4.69, 9.17) is 11.6 Å².